The van der Waals surface area contributed by atoms with Crippen molar-refractivity contribution in [3.63, 3.8) is 0 Å². The zero-order chi connectivity index (χ0) is 16.2. The summed E-state index contributed by atoms with van der Waals surface area (Å²) in [6.07, 6.45) is 6.11. The van der Waals surface area contributed by atoms with Crippen molar-refractivity contribution < 1.29 is 14.3 Å². The molecule has 6 heteroatoms. The lowest BCUT2D eigenvalue weighted by molar-refractivity contribution is -0.142. The molecule has 2 atom stereocenters. The van der Waals surface area contributed by atoms with Crippen molar-refractivity contribution in [3.05, 3.63) is 0 Å². The lowest BCUT2D eigenvalue weighted by Gasteiger charge is -2.32. The standard InChI is InChI=1S/C17H29N3O3/c1-23-15-10-14(11-18-7-4-5-8-18)20(12-15)17(22)13-19-9-3-2-6-16(19)21/h14-15H,2-13H2,1H3/t14-,15-/m0/s1. The summed E-state index contributed by atoms with van der Waals surface area (Å²) >= 11 is 0. The molecule has 0 aliphatic carbocycles. The first-order valence-corrected chi connectivity index (χ1v) is 9.00. The number of piperidine rings is 1. The summed E-state index contributed by atoms with van der Waals surface area (Å²) in [6, 6.07) is 0.227. The van der Waals surface area contributed by atoms with Gasteiger partial charge < -0.3 is 19.4 Å². The SMILES string of the molecule is CO[C@H]1C[C@@H](CN2CCCC2)N(C(=O)CN2CCCCC2=O)C1. The molecular weight excluding hydrogens is 294 g/mol. The summed E-state index contributed by atoms with van der Waals surface area (Å²) in [6.45, 7) is 4.85. The molecule has 0 N–H and O–H groups in total. The molecule has 3 aliphatic heterocycles. The Hall–Kier alpha value is -1.14. The van der Waals surface area contributed by atoms with Gasteiger partial charge in [0.15, 0.2) is 0 Å². The number of rotatable bonds is 5. The van der Waals surface area contributed by atoms with Gasteiger partial charge >= 0.3 is 0 Å². The van der Waals surface area contributed by atoms with Crippen LogP contribution in [0.5, 0.6) is 0 Å². The fourth-order valence-electron chi connectivity index (χ4n) is 4.07. The average molecular weight is 323 g/mol. The third kappa shape index (κ3) is 4.04. The van der Waals surface area contributed by atoms with Gasteiger partial charge in [0.25, 0.3) is 0 Å². The van der Waals surface area contributed by atoms with Crippen LogP contribution in [0.25, 0.3) is 0 Å². The third-order valence-electron chi connectivity index (χ3n) is 5.44. The first kappa shape index (κ1) is 16.7. The minimum atomic E-state index is 0.0870. The Bertz CT molecular complexity index is 437. The van der Waals surface area contributed by atoms with Crippen LogP contribution < -0.4 is 0 Å². The smallest absolute Gasteiger partial charge is 0.242 e. The highest BCUT2D eigenvalue weighted by atomic mass is 16.5. The van der Waals surface area contributed by atoms with Crippen LogP contribution in [0, 0.1) is 0 Å². The molecular formula is C17H29N3O3. The second-order valence-electron chi connectivity index (χ2n) is 7.07. The Labute approximate surface area is 138 Å². The molecule has 0 bridgehead atoms. The Morgan fingerprint density at radius 3 is 2.61 bits per heavy atom. The average Bonchev–Trinajstić information content (AvgIpc) is 3.19. The first-order valence-electron chi connectivity index (χ1n) is 9.00. The van der Waals surface area contributed by atoms with E-state index in [9.17, 15) is 9.59 Å². The molecule has 2 amide bonds. The molecule has 6 nitrogen and oxygen atoms in total. The monoisotopic (exact) mass is 323 g/mol. The molecule has 3 saturated heterocycles. The molecule has 0 saturated carbocycles. The largest absolute Gasteiger partial charge is 0.380 e. The molecule has 0 spiro atoms. The topological polar surface area (TPSA) is 53.1 Å². The lowest BCUT2D eigenvalue weighted by atomic mass is 10.1. The summed E-state index contributed by atoms with van der Waals surface area (Å²) in [5.41, 5.74) is 0. The number of likely N-dealkylation sites (tertiary alicyclic amines) is 3. The van der Waals surface area contributed by atoms with Gasteiger partial charge in [0.05, 0.1) is 12.6 Å². The van der Waals surface area contributed by atoms with Gasteiger partial charge in [0.1, 0.15) is 0 Å². The van der Waals surface area contributed by atoms with Crippen molar-refractivity contribution in [2.45, 2.75) is 50.7 Å². The molecule has 0 aromatic rings. The highest BCUT2D eigenvalue weighted by Crippen LogP contribution is 2.23. The number of carbonyl (C=O) groups excluding carboxylic acids is 2. The van der Waals surface area contributed by atoms with Gasteiger partial charge in [0.2, 0.25) is 11.8 Å². The van der Waals surface area contributed by atoms with Crippen LogP contribution in [-0.2, 0) is 14.3 Å². The summed E-state index contributed by atoms with van der Waals surface area (Å²) in [5, 5.41) is 0. The minimum Gasteiger partial charge on any atom is -0.380 e. The van der Waals surface area contributed by atoms with Crippen molar-refractivity contribution >= 4 is 11.8 Å². The van der Waals surface area contributed by atoms with Gasteiger partial charge in [0, 0.05) is 39.2 Å². The van der Waals surface area contributed by atoms with E-state index in [0.717, 1.165) is 45.4 Å². The summed E-state index contributed by atoms with van der Waals surface area (Å²) < 4.78 is 5.50. The second-order valence-corrected chi connectivity index (χ2v) is 7.07. The van der Waals surface area contributed by atoms with Crippen molar-refractivity contribution in [1.82, 2.24) is 14.7 Å². The summed E-state index contributed by atoms with van der Waals surface area (Å²) in [4.78, 5) is 30.9. The molecule has 3 heterocycles. The zero-order valence-electron chi connectivity index (χ0n) is 14.2. The van der Waals surface area contributed by atoms with E-state index in [-0.39, 0.29) is 30.5 Å². The molecule has 0 unspecified atom stereocenters. The van der Waals surface area contributed by atoms with Crippen LogP contribution in [0.4, 0.5) is 0 Å². The molecule has 0 aromatic carbocycles. The molecule has 130 valence electrons. The van der Waals surface area contributed by atoms with E-state index in [1.54, 1.807) is 12.0 Å². The van der Waals surface area contributed by atoms with E-state index >= 15 is 0 Å². The van der Waals surface area contributed by atoms with Crippen LogP contribution in [0.2, 0.25) is 0 Å². The van der Waals surface area contributed by atoms with Crippen LogP contribution >= 0.6 is 0 Å². The number of ether oxygens (including phenoxy) is 1. The van der Waals surface area contributed by atoms with E-state index in [1.165, 1.54) is 12.8 Å². The van der Waals surface area contributed by atoms with Crippen molar-refractivity contribution in [1.29, 1.82) is 0 Å². The highest BCUT2D eigenvalue weighted by Gasteiger charge is 2.37. The number of carbonyl (C=O) groups is 2. The third-order valence-corrected chi connectivity index (χ3v) is 5.44. The van der Waals surface area contributed by atoms with Gasteiger partial charge in [-0.2, -0.15) is 0 Å². The molecule has 23 heavy (non-hydrogen) atoms. The van der Waals surface area contributed by atoms with Crippen molar-refractivity contribution in [2.75, 3.05) is 46.4 Å². The summed E-state index contributed by atoms with van der Waals surface area (Å²) in [7, 11) is 1.72. The van der Waals surface area contributed by atoms with Gasteiger partial charge in [-0.25, -0.2) is 0 Å². The fourth-order valence-corrected chi connectivity index (χ4v) is 4.07. The number of hydrogen-bond acceptors (Lipinski definition) is 4. The highest BCUT2D eigenvalue weighted by molar-refractivity contribution is 5.85. The van der Waals surface area contributed by atoms with Gasteiger partial charge in [-0.05, 0) is 45.2 Å². The molecule has 0 aromatic heterocycles. The predicted octanol–water partition coefficient (Wildman–Crippen LogP) is 0.711. The van der Waals surface area contributed by atoms with Crippen molar-refractivity contribution in [3.8, 4) is 0 Å². The Morgan fingerprint density at radius 2 is 1.91 bits per heavy atom. The van der Waals surface area contributed by atoms with E-state index < -0.39 is 0 Å². The fraction of sp³-hybridized carbons (Fsp3) is 0.882. The number of hydrogen-bond donors (Lipinski definition) is 0. The second kappa shape index (κ2) is 7.62. The van der Waals surface area contributed by atoms with Crippen molar-refractivity contribution in [2.24, 2.45) is 0 Å². The van der Waals surface area contributed by atoms with E-state index in [2.05, 4.69) is 4.90 Å². The maximum atomic E-state index is 12.8. The van der Waals surface area contributed by atoms with Crippen LogP contribution in [0.15, 0.2) is 0 Å². The Balaban J connectivity index is 1.59. The zero-order valence-corrected chi connectivity index (χ0v) is 14.2. The number of amides is 2. The quantitative estimate of drug-likeness (QED) is 0.748. The first-order chi connectivity index (χ1) is 11.2. The normalized spacial score (nSPS) is 29.5. The van der Waals surface area contributed by atoms with E-state index in [1.807, 2.05) is 4.90 Å². The minimum absolute atomic E-state index is 0.0870. The van der Waals surface area contributed by atoms with Crippen LogP contribution in [0.1, 0.15) is 38.5 Å². The van der Waals surface area contributed by atoms with Gasteiger partial charge in [-0.1, -0.05) is 0 Å². The van der Waals surface area contributed by atoms with E-state index in [0.29, 0.717) is 13.0 Å². The maximum Gasteiger partial charge on any atom is 0.242 e. The number of nitrogens with zero attached hydrogens (tertiary/aromatic N) is 3. The molecule has 3 fully saturated rings. The number of methoxy groups -OCH3 is 1. The van der Waals surface area contributed by atoms with Crippen LogP contribution in [-0.4, -0.2) is 85.0 Å². The molecule has 3 aliphatic rings. The summed E-state index contributed by atoms with van der Waals surface area (Å²) in [5.74, 6) is 0.215. The predicted molar refractivity (Wildman–Crippen MR) is 87.0 cm³/mol. The van der Waals surface area contributed by atoms with Crippen LogP contribution in [0.3, 0.4) is 0 Å². The Morgan fingerprint density at radius 1 is 1.17 bits per heavy atom. The molecule has 3 rings (SSSR count). The van der Waals surface area contributed by atoms with Gasteiger partial charge in [-0.3, -0.25) is 9.59 Å². The molecule has 0 radical (unpaired) electrons. The lowest BCUT2D eigenvalue weighted by Crippen LogP contribution is -2.48. The maximum absolute atomic E-state index is 12.8. The van der Waals surface area contributed by atoms with Gasteiger partial charge in [-0.15, -0.1) is 0 Å². The Kier molecular flexibility index (Phi) is 5.54. The van der Waals surface area contributed by atoms with E-state index in [4.69, 9.17) is 4.74 Å².